The van der Waals surface area contributed by atoms with Crippen molar-refractivity contribution in [2.45, 2.75) is 51.2 Å². The molecule has 0 bridgehead atoms. The molecule has 0 radical (unpaired) electrons. The molecule has 0 spiro atoms. The van der Waals surface area contributed by atoms with Crippen molar-refractivity contribution in [2.24, 2.45) is 5.73 Å². The predicted octanol–water partition coefficient (Wildman–Crippen LogP) is -1.79. The van der Waals surface area contributed by atoms with Crippen molar-refractivity contribution in [3.8, 4) is 0 Å². The molecule has 1 amide bonds. The Hall–Kier alpha value is -1.97. The topological polar surface area (TPSA) is 139 Å². The number of carbonyl (C=O) groups excluding carboxylic acids is 1. The highest BCUT2D eigenvalue weighted by Gasteiger charge is 2.35. The van der Waals surface area contributed by atoms with Gasteiger partial charge in [0, 0.05) is 24.7 Å². The number of aromatic nitrogens is 2. The first-order chi connectivity index (χ1) is 10.8. The Morgan fingerprint density at radius 1 is 1.61 bits per heavy atom. The molecule has 1 aliphatic rings. The number of hydrogen-bond acceptors (Lipinski definition) is 6. The van der Waals surface area contributed by atoms with E-state index < -0.39 is 35.7 Å². The van der Waals surface area contributed by atoms with Crippen LogP contribution in [0.1, 0.15) is 32.1 Å². The fourth-order valence-electron chi connectivity index (χ4n) is 2.42. The number of aromatic amines is 1. The summed E-state index contributed by atoms with van der Waals surface area (Å²) in [7, 11) is 0. The maximum Gasteiger partial charge on any atom is 0.330 e. The number of H-pyrrole nitrogens is 1. The van der Waals surface area contributed by atoms with E-state index in [1.165, 1.54) is 10.8 Å². The van der Waals surface area contributed by atoms with Gasteiger partial charge in [-0.1, -0.05) is 6.92 Å². The zero-order chi connectivity index (χ0) is 17.1. The summed E-state index contributed by atoms with van der Waals surface area (Å²) in [6.07, 6.45) is -0.0747. The number of ether oxygens (including phenoxy) is 1. The molecule has 9 nitrogen and oxygen atoms in total. The molecule has 5 N–H and O–H groups in total. The van der Waals surface area contributed by atoms with Gasteiger partial charge in [0.05, 0.1) is 12.1 Å². The van der Waals surface area contributed by atoms with E-state index in [2.05, 4.69) is 10.3 Å². The lowest BCUT2D eigenvalue weighted by atomic mass is 10.1. The van der Waals surface area contributed by atoms with Gasteiger partial charge < -0.3 is 20.9 Å². The monoisotopic (exact) mass is 326 g/mol. The van der Waals surface area contributed by atoms with Gasteiger partial charge in [0.1, 0.15) is 12.3 Å². The molecule has 1 fully saturated rings. The van der Waals surface area contributed by atoms with Crippen molar-refractivity contribution < 1.29 is 14.6 Å². The summed E-state index contributed by atoms with van der Waals surface area (Å²) in [6.45, 7) is 3.45. The lowest BCUT2D eigenvalue weighted by molar-refractivity contribution is -0.123. The summed E-state index contributed by atoms with van der Waals surface area (Å²) in [4.78, 5) is 37.2. The molecule has 2 rings (SSSR count). The minimum atomic E-state index is -0.836. The highest BCUT2D eigenvalue weighted by molar-refractivity contribution is 5.80. The lowest BCUT2D eigenvalue weighted by Crippen LogP contribution is -2.43. The second kappa shape index (κ2) is 7.07. The third-order valence-corrected chi connectivity index (χ3v) is 3.83. The summed E-state index contributed by atoms with van der Waals surface area (Å²) in [5, 5.41) is 12.6. The third kappa shape index (κ3) is 3.87. The molecule has 0 aliphatic carbocycles. The standard InChI is InChI=1S/C14H22N4O5/c1-3-8-6-18(14(22)17-13(8)21)11-4-9(19)10(23-11)5-16-12(20)7(2)15/h6-7,9-11,19H,3-5,15H2,1-2H3,(H,16,20)(H,17,21,22)/t7-,9-,10+,11+/m0/s1. The van der Waals surface area contributed by atoms with Gasteiger partial charge in [-0.15, -0.1) is 0 Å². The number of rotatable bonds is 5. The Labute approximate surface area is 132 Å². The van der Waals surface area contributed by atoms with E-state index in [4.69, 9.17) is 10.5 Å². The minimum Gasteiger partial charge on any atom is -0.390 e. The molecular formula is C14H22N4O5. The third-order valence-electron chi connectivity index (χ3n) is 3.83. The van der Waals surface area contributed by atoms with E-state index in [0.29, 0.717) is 12.0 Å². The zero-order valence-electron chi connectivity index (χ0n) is 13.1. The number of aryl methyl sites for hydroxylation is 1. The molecule has 1 aliphatic heterocycles. The van der Waals surface area contributed by atoms with Gasteiger partial charge in [-0.25, -0.2) is 4.79 Å². The van der Waals surface area contributed by atoms with Gasteiger partial charge in [-0.3, -0.25) is 19.1 Å². The molecule has 9 heteroatoms. The van der Waals surface area contributed by atoms with Crippen LogP contribution < -0.4 is 22.3 Å². The number of aliphatic hydroxyl groups excluding tert-OH is 1. The molecule has 1 saturated heterocycles. The molecule has 23 heavy (non-hydrogen) atoms. The van der Waals surface area contributed by atoms with E-state index in [1.54, 1.807) is 13.8 Å². The Morgan fingerprint density at radius 2 is 2.30 bits per heavy atom. The van der Waals surface area contributed by atoms with Crippen molar-refractivity contribution in [1.29, 1.82) is 0 Å². The van der Waals surface area contributed by atoms with Crippen LogP contribution in [0.4, 0.5) is 0 Å². The van der Waals surface area contributed by atoms with E-state index in [-0.39, 0.29) is 18.9 Å². The summed E-state index contributed by atoms with van der Waals surface area (Å²) in [6, 6.07) is -0.654. The summed E-state index contributed by atoms with van der Waals surface area (Å²) in [5.74, 6) is -0.348. The molecule has 2 heterocycles. The van der Waals surface area contributed by atoms with Crippen molar-refractivity contribution in [2.75, 3.05) is 6.54 Å². The number of carbonyl (C=O) groups is 1. The van der Waals surface area contributed by atoms with Crippen LogP contribution in [-0.4, -0.2) is 45.4 Å². The Bertz CT molecular complexity index is 680. The number of nitrogens with one attached hydrogen (secondary N) is 2. The molecule has 4 atom stereocenters. The van der Waals surface area contributed by atoms with E-state index in [0.717, 1.165) is 0 Å². The molecular weight excluding hydrogens is 304 g/mol. The van der Waals surface area contributed by atoms with Crippen molar-refractivity contribution in [3.63, 3.8) is 0 Å². The van der Waals surface area contributed by atoms with E-state index >= 15 is 0 Å². The molecule has 1 aromatic rings. The highest BCUT2D eigenvalue weighted by Crippen LogP contribution is 2.27. The smallest absolute Gasteiger partial charge is 0.330 e. The van der Waals surface area contributed by atoms with Crippen LogP contribution in [0, 0.1) is 0 Å². The Balaban J connectivity index is 2.11. The SMILES string of the molecule is CCc1cn([C@H]2C[C@H](O)[C@@H](CNC(=O)[C@H](C)N)O2)c(=O)[nH]c1=O. The molecule has 0 aromatic carbocycles. The van der Waals surface area contributed by atoms with Crippen molar-refractivity contribution in [3.05, 3.63) is 32.6 Å². The van der Waals surface area contributed by atoms with Crippen LogP contribution in [0.3, 0.4) is 0 Å². The predicted molar refractivity (Wildman–Crippen MR) is 81.9 cm³/mol. The van der Waals surface area contributed by atoms with Gasteiger partial charge in [0.15, 0.2) is 0 Å². The maximum absolute atomic E-state index is 11.9. The largest absolute Gasteiger partial charge is 0.390 e. The first-order valence-corrected chi connectivity index (χ1v) is 7.54. The quantitative estimate of drug-likeness (QED) is 0.504. The minimum absolute atomic E-state index is 0.0940. The molecule has 0 saturated carbocycles. The van der Waals surface area contributed by atoms with Crippen LogP contribution in [0.2, 0.25) is 0 Å². The highest BCUT2D eigenvalue weighted by atomic mass is 16.5. The van der Waals surface area contributed by atoms with Gasteiger partial charge in [-0.05, 0) is 13.3 Å². The van der Waals surface area contributed by atoms with E-state index in [1.807, 2.05) is 0 Å². The second-order valence-corrected chi connectivity index (χ2v) is 5.64. The Morgan fingerprint density at radius 3 is 2.91 bits per heavy atom. The maximum atomic E-state index is 11.9. The van der Waals surface area contributed by atoms with Gasteiger partial charge in [0.2, 0.25) is 5.91 Å². The van der Waals surface area contributed by atoms with Crippen molar-refractivity contribution in [1.82, 2.24) is 14.9 Å². The second-order valence-electron chi connectivity index (χ2n) is 5.64. The average Bonchev–Trinajstić information content (AvgIpc) is 2.85. The van der Waals surface area contributed by atoms with Gasteiger partial charge in [-0.2, -0.15) is 0 Å². The first kappa shape index (κ1) is 17.4. The average molecular weight is 326 g/mol. The number of amides is 1. The van der Waals surface area contributed by atoms with Crippen LogP contribution in [0.25, 0.3) is 0 Å². The van der Waals surface area contributed by atoms with Crippen molar-refractivity contribution >= 4 is 5.91 Å². The molecule has 0 unspecified atom stereocenters. The summed E-state index contributed by atoms with van der Waals surface area (Å²) in [5.41, 5.74) is 4.88. The zero-order valence-corrected chi connectivity index (χ0v) is 13.1. The van der Waals surface area contributed by atoms with Crippen LogP contribution in [0.15, 0.2) is 15.8 Å². The number of nitrogens with two attached hydrogens (primary N) is 1. The fraction of sp³-hybridized carbons (Fsp3) is 0.643. The Kier molecular flexibility index (Phi) is 5.34. The number of aliphatic hydroxyl groups is 1. The molecule has 1 aromatic heterocycles. The van der Waals surface area contributed by atoms with Crippen LogP contribution in [-0.2, 0) is 16.0 Å². The van der Waals surface area contributed by atoms with E-state index in [9.17, 15) is 19.5 Å². The number of nitrogens with zero attached hydrogens (tertiary/aromatic N) is 1. The normalized spacial score (nSPS) is 25.3. The first-order valence-electron chi connectivity index (χ1n) is 7.54. The number of hydrogen-bond donors (Lipinski definition) is 4. The van der Waals surface area contributed by atoms with Gasteiger partial charge >= 0.3 is 5.69 Å². The van der Waals surface area contributed by atoms with Crippen LogP contribution in [0.5, 0.6) is 0 Å². The molecule has 128 valence electrons. The summed E-state index contributed by atoms with van der Waals surface area (Å²) >= 11 is 0. The van der Waals surface area contributed by atoms with Gasteiger partial charge in [0.25, 0.3) is 5.56 Å². The van der Waals surface area contributed by atoms with Crippen LogP contribution >= 0.6 is 0 Å². The fourth-order valence-corrected chi connectivity index (χ4v) is 2.42. The lowest BCUT2D eigenvalue weighted by Gasteiger charge is -2.17. The summed E-state index contributed by atoms with van der Waals surface area (Å²) < 4.78 is 6.91.